The lowest BCUT2D eigenvalue weighted by atomic mass is 9.97. The standard InChI is InChI=1S/C30H33N3O5S2/c1-5-15-33-29(35)26-21-8-6-7-9-25(21)40-27(26)31-30(33)39-18-20-11-13-23(38-20)28(34)32(2)16-14-19-10-12-22(36-3)24(17-19)37-4/h5,10-13,17H,1,6-9,14-16,18H2,2-4H3. The Morgan fingerprint density at radius 3 is 2.77 bits per heavy atom. The highest BCUT2D eigenvalue weighted by atomic mass is 32.2. The number of methoxy groups -OCH3 is 2. The monoisotopic (exact) mass is 579 g/mol. The quantitative estimate of drug-likeness (QED) is 0.127. The summed E-state index contributed by atoms with van der Waals surface area (Å²) in [6.07, 6.45) is 6.62. The third kappa shape index (κ3) is 5.69. The van der Waals surface area contributed by atoms with Crippen molar-refractivity contribution in [2.24, 2.45) is 0 Å². The van der Waals surface area contributed by atoms with Crippen LogP contribution in [0, 0.1) is 0 Å². The predicted octanol–water partition coefficient (Wildman–Crippen LogP) is 5.74. The van der Waals surface area contributed by atoms with E-state index in [9.17, 15) is 9.59 Å². The Balaban J connectivity index is 1.26. The Hall–Kier alpha value is -3.50. The van der Waals surface area contributed by atoms with Gasteiger partial charge in [0.1, 0.15) is 10.6 Å². The highest BCUT2D eigenvalue weighted by molar-refractivity contribution is 7.98. The van der Waals surface area contributed by atoms with Gasteiger partial charge in [-0.05, 0) is 67.5 Å². The number of aryl methyl sites for hydroxylation is 2. The zero-order valence-electron chi connectivity index (χ0n) is 23.0. The number of furan rings is 1. The molecule has 40 heavy (non-hydrogen) atoms. The van der Waals surface area contributed by atoms with Gasteiger partial charge >= 0.3 is 0 Å². The molecule has 0 atom stereocenters. The summed E-state index contributed by atoms with van der Waals surface area (Å²) in [7, 11) is 4.96. The number of ether oxygens (including phenoxy) is 2. The maximum atomic E-state index is 13.5. The molecule has 0 saturated heterocycles. The molecule has 0 spiro atoms. The average molecular weight is 580 g/mol. The molecular formula is C30H33N3O5S2. The molecule has 0 saturated carbocycles. The molecule has 0 aliphatic heterocycles. The molecule has 5 rings (SSSR count). The van der Waals surface area contributed by atoms with Gasteiger partial charge in [0.2, 0.25) is 0 Å². The van der Waals surface area contributed by atoms with Crippen LogP contribution in [0.2, 0.25) is 0 Å². The number of hydrogen-bond donors (Lipinski definition) is 0. The number of thiophene rings is 1. The van der Waals surface area contributed by atoms with Gasteiger partial charge in [-0.25, -0.2) is 4.98 Å². The van der Waals surface area contributed by atoms with Crippen LogP contribution in [0.5, 0.6) is 11.5 Å². The molecule has 0 unspecified atom stereocenters. The van der Waals surface area contributed by atoms with Crippen molar-refractivity contribution in [1.82, 2.24) is 14.5 Å². The molecule has 3 aromatic heterocycles. The number of nitrogens with zero attached hydrogens (tertiary/aromatic N) is 3. The third-order valence-electron chi connectivity index (χ3n) is 7.10. The summed E-state index contributed by atoms with van der Waals surface area (Å²) in [6.45, 7) is 4.74. The van der Waals surface area contributed by atoms with Gasteiger partial charge in [0.15, 0.2) is 22.4 Å². The minimum atomic E-state index is -0.191. The molecule has 210 valence electrons. The first-order valence-electron chi connectivity index (χ1n) is 13.3. The molecule has 1 aromatic carbocycles. The lowest BCUT2D eigenvalue weighted by Gasteiger charge is -2.16. The second-order valence-corrected chi connectivity index (χ2v) is 11.7. The number of rotatable bonds is 11. The van der Waals surface area contributed by atoms with Crippen molar-refractivity contribution in [2.45, 2.75) is 49.6 Å². The Labute approximate surface area is 241 Å². The first kappa shape index (κ1) is 28.0. The Morgan fingerprint density at radius 2 is 2.00 bits per heavy atom. The number of thioether (sulfide) groups is 1. The fraction of sp³-hybridized carbons (Fsp3) is 0.367. The smallest absolute Gasteiger partial charge is 0.289 e. The zero-order valence-corrected chi connectivity index (χ0v) is 24.7. The molecule has 1 aliphatic carbocycles. The second kappa shape index (κ2) is 12.3. The van der Waals surface area contributed by atoms with Gasteiger partial charge in [0, 0.05) is 25.0 Å². The average Bonchev–Trinajstić information content (AvgIpc) is 3.60. The number of carbonyl (C=O) groups is 1. The molecule has 1 aliphatic rings. The van der Waals surface area contributed by atoms with Crippen LogP contribution in [0.15, 0.2) is 57.4 Å². The van der Waals surface area contributed by atoms with Gasteiger partial charge in [-0.2, -0.15) is 0 Å². The summed E-state index contributed by atoms with van der Waals surface area (Å²) >= 11 is 3.08. The molecule has 3 heterocycles. The zero-order chi connectivity index (χ0) is 28.2. The maximum Gasteiger partial charge on any atom is 0.289 e. The number of aromatic nitrogens is 2. The van der Waals surface area contributed by atoms with E-state index in [-0.39, 0.29) is 17.2 Å². The van der Waals surface area contributed by atoms with Gasteiger partial charge in [-0.3, -0.25) is 14.2 Å². The molecule has 0 N–H and O–H groups in total. The molecule has 0 fully saturated rings. The van der Waals surface area contributed by atoms with Crippen LogP contribution in [0.1, 0.15) is 45.2 Å². The van der Waals surface area contributed by atoms with Crippen molar-refractivity contribution in [3.63, 3.8) is 0 Å². The lowest BCUT2D eigenvalue weighted by Crippen LogP contribution is -2.28. The van der Waals surface area contributed by atoms with E-state index in [1.54, 1.807) is 60.3 Å². The number of fused-ring (bicyclic) bond motifs is 3. The van der Waals surface area contributed by atoms with Crippen molar-refractivity contribution in [1.29, 1.82) is 0 Å². The van der Waals surface area contributed by atoms with E-state index in [1.807, 2.05) is 18.2 Å². The first-order valence-corrected chi connectivity index (χ1v) is 15.1. The Bertz CT molecular complexity index is 1600. The fourth-order valence-corrected chi connectivity index (χ4v) is 7.15. The largest absolute Gasteiger partial charge is 0.493 e. The number of allylic oxidation sites excluding steroid dienone is 1. The molecule has 10 heteroatoms. The molecule has 4 aromatic rings. The lowest BCUT2D eigenvalue weighted by molar-refractivity contribution is 0.0763. The molecular weight excluding hydrogens is 546 g/mol. The fourth-order valence-electron chi connectivity index (χ4n) is 4.95. The van der Waals surface area contributed by atoms with Crippen molar-refractivity contribution in [3.8, 4) is 11.5 Å². The predicted molar refractivity (Wildman–Crippen MR) is 159 cm³/mol. The van der Waals surface area contributed by atoms with Gasteiger partial charge in [-0.15, -0.1) is 17.9 Å². The van der Waals surface area contributed by atoms with Crippen molar-refractivity contribution in [2.75, 3.05) is 27.8 Å². The van der Waals surface area contributed by atoms with Crippen LogP contribution in [-0.4, -0.2) is 48.2 Å². The number of benzene rings is 1. The molecule has 0 radical (unpaired) electrons. The van der Waals surface area contributed by atoms with E-state index >= 15 is 0 Å². The van der Waals surface area contributed by atoms with Crippen LogP contribution >= 0.6 is 23.1 Å². The topological polar surface area (TPSA) is 86.8 Å². The number of hydrogen-bond acceptors (Lipinski definition) is 8. The Morgan fingerprint density at radius 1 is 1.20 bits per heavy atom. The van der Waals surface area contributed by atoms with Crippen LogP contribution in [0.4, 0.5) is 0 Å². The van der Waals surface area contributed by atoms with E-state index in [0.29, 0.717) is 47.7 Å². The maximum absolute atomic E-state index is 13.5. The number of likely N-dealkylation sites (N-methyl/N-ethyl adjacent to an activating group) is 1. The Kier molecular flexibility index (Phi) is 8.66. The highest BCUT2D eigenvalue weighted by Crippen LogP contribution is 2.35. The van der Waals surface area contributed by atoms with Gasteiger partial charge in [0.05, 0.1) is 25.4 Å². The second-order valence-electron chi connectivity index (χ2n) is 9.71. The third-order valence-corrected chi connectivity index (χ3v) is 9.28. The highest BCUT2D eigenvalue weighted by Gasteiger charge is 2.22. The van der Waals surface area contributed by atoms with Crippen LogP contribution < -0.4 is 15.0 Å². The van der Waals surface area contributed by atoms with Crippen LogP contribution in [0.3, 0.4) is 0 Å². The molecule has 1 amide bonds. The van der Waals surface area contributed by atoms with E-state index in [4.69, 9.17) is 18.9 Å². The molecule has 0 bridgehead atoms. The summed E-state index contributed by atoms with van der Waals surface area (Å²) < 4.78 is 18.3. The van der Waals surface area contributed by atoms with Crippen LogP contribution in [0.25, 0.3) is 10.2 Å². The van der Waals surface area contributed by atoms with E-state index in [0.717, 1.165) is 41.5 Å². The van der Waals surface area contributed by atoms with E-state index in [2.05, 4.69) is 6.58 Å². The van der Waals surface area contributed by atoms with E-state index in [1.165, 1.54) is 22.2 Å². The van der Waals surface area contributed by atoms with Gasteiger partial charge < -0.3 is 18.8 Å². The summed E-state index contributed by atoms with van der Waals surface area (Å²) in [6, 6.07) is 9.25. The summed E-state index contributed by atoms with van der Waals surface area (Å²) in [5, 5.41) is 1.40. The minimum Gasteiger partial charge on any atom is -0.493 e. The van der Waals surface area contributed by atoms with Crippen molar-refractivity contribution in [3.05, 3.63) is 80.9 Å². The summed E-state index contributed by atoms with van der Waals surface area (Å²) in [5.41, 5.74) is 2.22. The minimum absolute atomic E-state index is 0.00165. The van der Waals surface area contributed by atoms with Crippen molar-refractivity contribution >= 4 is 39.2 Å². The van der Waals surface area contributed by atoms with Crippen LogP contribution in [-0.2, 0) is 31.6 Å². The SMILES string of the molecule is C=CCn1c(SCc2ccc(C(=O)N(C)CCc3ccc(OC)c(OC)c3)o2)nc2sc3c(c2c1=O)CCCC3. The molecule has 8 nitrogen and oxygen atoms in total. The van der Waals surface area contributed by atoms with Gasteiger partial charge in [-0.1, -0.05) is 23.9 Å². The summed E-state index contributed by atoms with van der Waals surface area (Å²) in [5.74, 6) is 2.51. The number of carbonyl (C=O) groups excluding carboxylic acids is 1. The van der Waals surface area contributed by atoms with Crippen molar-refractivity contribution < 1.29 is 18.7 Å². The number of amides is 1. The normalized spacial score (nSPS) is 12.8. The first-order chi connectivity index (χ1) is 19.4. The summed E-state index contributed by atoms with van der Waals surface area (Å²) in [4.78, 5) is 35.1. The van der Waals surface area contributed by atoms with E-state index < -0.39 is 0 Å². The van der Waals surface area contributed by atoms with Gasteiger partial charge in [0.25, 0.3) is 11.5 Å².